The summed E-state index contributed by atoms with van der Waals surface area (Å²) < 4.78 is 5.86. The van der Waals surface area contributed by atoms with E-state index in [4.69, 9.17) is 15.9 Å². The first-order valence-corrected chi connectivity index (χ1v) is 10.9. The van der Waals surface area contributed by atoms with E-state index in [1.165, 1.54) is 0 Å². The summed E-state index contributed by atoms with van der Waals surface area (Å²) in [5, 5.41) is 0. The number of nitrogens with two attached hydrogens (primary N) is 2. The molecule has 0 unspecified atom stereocenters. The Bertz CT molecular complexity index is 1160. The Labute approximate surface area is 186 Å². The molecule has 2 aliphatic heterocycles. The number of benzene rings is 2. The van der Waals surface area contributed by atoms with Crippen molar-refractivity contribution in [2.45, 2.75) is 24.8 Å². The number of amides is 3. The van der Waals surface area contributed by atoms with Gasteiger partial charge in [-0.25, -0.2) is 4.79 Å². The molecule has 32 heavy (non-hydrogen) atoms. The van der Waals surface area contributed by atoms with E-state index in [9.17, 15) is 9.59 Å². The minimum absolute atomic E-state index is 0.109. The largest absolute Gasteiger partial charge is 0.451 e. The predicted molar refractivity (Wildman–Crippen MR) is 122 cm³/mol. The number of piperidine rings is 1. The summed E-state index contributed by atoms with van der Waals surface area (Å²) in [6.45, 7) is 2.14. The van der Waals surface area contributed by atoms with Gasteiger partial charge in [-0.3, -0.25) is 9.69 Å². The Morgan fingerprint density at radius 1 is 1.00 bits per heavy atom. The van der Waals surface area contributed by atoms with Crippen LogP contribution < -0.4 is 16.4 Å². The van der Waals surface area contributed by atoms with Gasteiger partial charge < -0.3 is 20.8 Å². The summed E-state index contributed by atoms with van der Waals surface area (Å²) in [4.78, 5) is 28.6. The molecule has 7 heteroatoms. The summed E-state index contributed by atoms with van der Waals surface area (Å²) >= 11 is 0. The van der Waals surface area contributed by atoms with Crippen molar-refractivity contribution in [2.24, 2.45) is 11.5 Å². The van der Waals surface area contributed by atoms with E-state index in [1.54, 1.807) is 11.0 Å². The van der Waals surface area contributed by atoms with E-state index in [-0.39, 0.29) is 11.3 Å². The summed E-state index contributed by atoms with van der Waals surface area (Å²) in [6.07, 6.45) is 1.49. The standard InChI is InChI=1S/C25H26N4O3/c26-15-17-6-7-20-19(14-17)25(16-29(20)24(27)31)10-12-28(13-11-25)23(30)22-9-8-21(32-22)18-4-2-1-3-5-18/h1-9,14H,10-13,15-16,26H2,(H2,27,31). The van der Waals surface area contributed by atoms with Gasteiger partial charge in [0.1, 0.15) is 5.76 Å². The van der Waals surface area contributed by atoms with E-state index in [2.05, 4.69) is 6.07 Å². The first-order chi connectivity index (χ1) is 15.5. The molecule has 0 bridgehead atoms. The van der Waals surface area contributed by atoms with Gasteiger partial charge in [0.15, 0.2) is 5.76 Å². The van der Waals surface area contributed by atoms with Crippen molar-refractivity contribution in [3.63, 3.8) is 0 Å². The highest BCUT2D eigenvalue weighted by Crippen LogP contribution is 2.47. The van der Waals surface area contributed by atoms with Crippen LogP contribution in [0.25, 0.3) is 11.3 Å². The quantitative estimate of drug-likeness (QED) is 0.663. The van der Waals surface area contributed by atoms with Crippen molar-refractivity contribution in [1.29, 1.82) is 0 Å². The van der Waals surface area contributed by atoms with Gasteiger partial charge >= 0.3 is 6.03 Å². The van der Waals surface area contributed by atoms with E-state index in [1.807, 2.05) is 53.4 Å². The normalized spacial score (nSPS) is 16.9. The van der Waals surface area contributed by atoms with Crippen molar-refractivity contribution < 1.29 is 14.0 Å². The molecule has 1 fully saturated rings. The number of carbonyl (C=O) groups is 2. The molecule has 2 aromatic carbocycles. The lowest BCUT2D eigenvalue weighted by Gasteiger charge is -2.39. The van der Waals surface area contributed by atoms with Gasteiger partial charge in [0, 0.05) is 42.8 Å². The number of urea groups is 1. The van der Waals surface area contributed by atoms with Gasteiger partial charge in [0.2, 0.25) is 0 Å². The Morgan fingerprint density at radius 2 is 1.75 bits per heavy atom. The number of anilines is 1. The number of furan rings is 1. The van der Waals surface area contributed by atoms with Crippen LogP contribution in [0.2, 0.25) is 0 Å². The second kappa shape index (κ2) is 7.84. The van der Waals surface area contributed by atoms with Crippen molar-refractivity contribution >= 4 is 17.6 Å². The van der Waals surface area contributed by atoms with Crippen LogP contribution in [0.15, 0.2) is 65.1 Å². The molecule has 2 aliphatic rings. The molecule has 164 valence electrons. The minimum Gasteiger partial charge on any atom is -0.451 e. The third-order valence-corrected chi connectivity index (χ3v) is 6.77. The first-order valence-electron chi connectivity index (χ1n) is 10.9. The average Bonchev–Trinajstić information content (AvgIpc) is 3.44. The van der Waals surface area contributed by atoms with Crippen LogP contribution in [-0.2, 0) is 12.0 Å². The fourth-order valence-corrected chi connectivity index (χ4v) is 4.97. The number of carbonyl (C=O) groups excluding carboxylic acids is 2. The third-order valence-electron chi connectivity index (χ3n) is 6.77. The van der Waals surface area contributed by atoms with Crippen molar-refractivity contribution in [1.82, 2.24) is 4.90 Å². The highest BCUT2D eigenvalue weighted by molar-refractivity contribution is 5.94. The Kier molecular flexibility index (Phi) is 4.98. The maximum absolute atomic E-state index is 13.1. The molecular formula is C25H26N4O3. The van der Waals surface area contributed by atoms with Crippen LogP contribution in [0.1, 0.15) is 34.5 Å². The lowest BCUT2D eigenvalue weighted by molar-refractivity contribution is 0.0643. The van der Waals surface area contributed by atoms with Gasteiger partial charge in [0.25, 0.3) is 5.91 Å². The number of nitrogens with zero attached hydrogens (tertiary/aromatic N) is 2. The van der Waals surface area contributed by atoms with Gasteiger partial charge in [0.05, 0.1) is 0 Å². The van der Waals surface area contributed by atoms with Crippen LogP contribution >= 0.6 is 0 Å². The summed E-state index contributed by atoms with van der Waals surface area (Å²) in [5.74, 6) is 0.914. The van der Waals surface area contributed by atoms with Gasteiger partial charge in [-0.1, -0.05) is 42.5 Å². The molecule has 1 aromatic heterocycles. The maximum Gasteiger partial charge on any atom is 0.319 e. The second-order valence-corrected chi connectivity index (χ2v) is 8.58. The molecule has 3 aromatic rings. The van der Waals surface area contributed by atoms with Crippen molar-refractivity contribution in [2.75, 3.05) is 24.5 Å². The molecule has 0 aliphatic carbocycles. The highest BCUT2D eigenvalue weighted by atomic mass is 16.4. The Morgan fingerprint density at radius 3 is 2.44 bits per heavy atom. The zero-order valence-corrected chi connectivity index (χ0v) is 17.8. The van der Waals surface area contributed by atoms with Gasteiger partial charge in [-0.15, -0.1) is 0 Å². The van der Waals surface area contributed by atoms with Crippen LogP contribution in [0.5, 0.6) is 0 Å². The van der Waals surface area contributed by atoms with Crippen LogP contribution in [0, 0.1) is 0 Å². The molecule has 4 N–H and O–H groups in total. The topological polar surface area (TPSA) is 106 Å². The van der Waals surface area contributed by atoms with E-state index in [0.29, 0.717) is 37.7 Å². The van der Waals surface area contributed by atoms with Crippen LogP contribution in [0.3, 0.4) is 0 Å². The Hall–Kier alpha value is -3.58. The van der Waals surface area contributed by atoms with E-state index in [0.717, 1.165) is 35.2 Å². The lowest BCUT2D eigenvalue weighted by atomic mass is 9.74. The molecule has 0 saturated carbocycles. The smallest absolute Gasteiger partial charge is 0.319 e. The summed E-state index contributed by atoms with van der Waals surface area (Å²) in [7, 11) is 0. The fraction of sp³-hybridized carbons (Fsp3) is 0.280. The minimum atomic E-state index is -0.453. The molecule has 7 nitrogen and oxygen atoms in total. The molecule has 0 radical (unpaired) electrons. The highest BCUT2D eigenvalue weighted by Gasteiger charge is 2.46. The molecular weight excluding hydrogens is 404 g/mol. The van der Waals surface area contributed by atoms with Crippen LogP contribution in [-0.4, -0.2) is 36.5 Å². The Balaban J connectivity index is 1.35. The number of hydrogen-bond acceptors (Lipinski definition) is 4. The number of likely N-dealkylation sites (tertiary alicyclic amines) is 1. The second-order valence-electron chi connectivity index (χ2n) is 8.58. The number of fused-ring (bicyclic) bond motifs is 2. The molecule has 0 atom stereocenters. The average molecular weight is 431 g/mol. The third kappa shape index (κ3) is 3.35. The fourth-order valence-electron chi connectivity index (χ4n) is 4.97. The van der Waals surface area contributed by atoms with Crippen molar-refractivity contribution in [3.05, 3.63) is 77.6 Å². The van der Waals surface area contributed by atoms with E-state index < -0.39 is 6.03 Å². The van der Waals surface area contributed by atoms with Gasteiger partial charge in [-0.2, -0.15) is 0 Å². The zero-order chi connectivity index (χ0) is 22.3. The molecule has 1 saturated heterocycles. The lowest BCUT2D eigenvalue weighted by Crippen LogP contribution is -2.48. The van der Waals surface area contributed by atoms with Crippen molar-refractivity contribution in [3.8, 4) is 11.3 Å². The number of rotatable bonds is 3. The molecule has 3 amide bonds. The number of hydrogen-bond donors (Lipinski definition) is 2. The SMILES string of the molecule is NCc1ccc2c(c1)C1(CCN(C(=O)c3ccc(-c4ccccc4)o3)CC1)CN2C(N)=O. The monoisotopic (exact) mass is 430 g/mol. The molecule has 1 spiro atoms. The molecule has 3 heterocycles. The van der Waals surface area contributed by atoms with E-state index >= 15 is 0 Å². The first kappa shape index (κ1) is 20.3. The summed E-state index contributed by atoms with van der Waals surface area (Å²) in [5.41, 5.74) is 15.2. The summed E-state index contributed by atoms with van der Waals surface area (Å²) in [6, 6.07) is 18.8. The number of primary amides is 1. The zero-order valence-electron chi connectivity index (χ0n) is 17.8. The molecule has 5 rings (SSSR count). The van der Waals surface area contributed by atoms with Gasteiger partial charge in [-0.05, 0) is 42.2 Å². The predicted octanol–water partition coefficient (Wildman–Crippen LogP) is 3.48. The van der Waals surface area contributed by atoms with Crippen LogP contribution in [0.4, 0.5) is 10.5 Å². The maximum atomic E-state index is 13.1.